The number of fused-ring (bicyclic) bond motifs is 1. The molecule has 1 aromatic carbocycles. The predicted octanol–water partition coefficient (Wildman–Crippen LogP) is 3.83. The van der Waals surface area contributed by atoms with Crippen molar-refractivity contribution in [3.8, 4) is 0 Å². The number of hydrogen-bond acceptors (Lipinski definition) is 2. The van der Waals surface area contributed by atoms with E-state index in [1.165, 1.54) is 0 Å². The summed E-state index contributed by atoms with van der Waals surface area (Å²) in [5, 5.41) is 5.35. The van der Waals surface area contributed by atoms with Crippen LogP contribution in [0.3, 0.4) is 0 Å². The molecular weight excluding hydrogens is 236 g/mol. The summed E-state index contributed by atoms with van der Waals surface area (Å²) in [5.74, 6) is 1.20. The number of carbonyl (C=O) groups is 1. The molecule has 0 spiro atoms. The van der Waals surface area contributed by atoms with E-state index < -0.39 is 0 Å². The SMILES string of the molecule is CC(C)CC(C)CC(=O)c1nn(C)c2ccccc12. The van der Waals surface area contributed by atoms with Crippen LogP contribution in [0.1, 0.15) is 44.1 Å². The highest BCUT2D eigenvalue weighted by Gasteiger charge is 2.18. The molecule has 2 rings (SSSR count). The number of rotatable bonds is 5. The lowest BCUT2D eigenvalue weighted by Crippen LogP contribution is -2.09. The van der Waals surface area contributed by atoms with E-state index in [0.29, 0.717) is 24.0 Å². The van der Waals surface area contributed by atoms with E-state index >= 15 is 0 Å². The van der Waals surface area contributed by atoms with Crippen molar-refractivity contribution in [1.82, 2.24) is 9.78 Å². The summed E-state index contributed by atoms with van der Waals surface area (Å²) >= 11 is 0. The van der Waals surface area contributed by atoms with Crippen molar-refractivity contribution >= 4 is 16.7 Å². The second-order valence-corrected chi connectivity index (χ2v) is 5.85. The molecule has 0 bridgehead atoms. The monoisotopic (exact) mass is 258 g/mol. The third-order valence-corrected chi connectivity index (χ3v) is 3.43. The quantitative estimate of drug-likeness (QED) is 0.764. The zero-order valence-corrected chi connectivity index (χ0v) is 12.2. The Morgan fingerprint density at radius 1 is 1.26 bits per heavy atom. The van der Waals surface area contributed by atoms with E-state index in [-0.39, 0.29) is 5.78 Å². The fraction of sp³-hybridized carbons (Fsp3) is 0.500. The molecule has 0 radical (unpaired) electrons. The number of benzene rings is 1. The largest absolute Gasteiger partial charge is 0.292 e. The molecule has 1 heterocycles. The van der Waals surface area contributed by atoms with Crippen LogP contribution in [0.25, 0.3) is 10.9 Å². The summed E-state index contributed by atoms with van der Waals surface area (Å²) in [5.41, 5.74) is 1.64. The van der Waals surface area contributed by atoms with Crippen molar-refractivity contribution in [2.75, 3.05) is 0 Å². The van der Waals surface area contributed by atoms with Crippen LogP contribution in [0.4, 0.5) is 0 Å². The normalized spacial score (nSPS) is 13.1. The van der Waals surface area contributed by atoms with Gasteiger partial charge in [-0.2, -0.15) is 5.10 Å². The zero-order valence-electron chi connectivity index (χ0n) is 12.2. The van der Waals surface area contributed by atoms with Crippen molar-refractivity contribution in [3.05, 3.63) is 30.0 Å². The maximum absolute atomic E-state index is 12.4. The maximum atomic E-state index is 12.4. The molecule has 1 aromatic heterocycles. The zero-order chi connectivity index (χ0) is 14.0. The molecule has 0 aliphatic rings. The van der Waals surface area contributed by atoms with Gasteiger partial charge in [-0.3, -0.25) is 9.48 Å². The first-order valence-electron chi connectivity index (χ1n) is 6.94. The fourth-order valence-corrected chi connectivity index (χ4v) is 2.72. The Balaban J connectivity index is 2.22. The van der Waals surface area contributed by atoms with Gasteiger partial charge < -0.3 is 0 Å². The average Bonchev–Trinajstić information content (AvgIpc) is 2.66. The molecule has 3 nitrogen and oxygen atoms in total. The number of hydrogen-bond donors (Lipinski definition) is 0. The van der Waals surface area contributed by atoms with Crippen LogP contribution >= 0.6 is 0 Å². The molecule has 0 N–H and O–H groups in total. The van der Waals surface area contributed by atoms with Gasteiger partial charge in [-0.25, -0.2) is 0 Å². The number of nitrogens with zero attached hydrogens (tertiary/aromatic N) is 2. The van der Waals surface area contributed by atoms with Gasteiger partial charge in [-0.15, -0.1) is 0 Å². The summed E-state index contributed by atoms with van der Waals surface area (Å²) in [6.07, 6.45) is 1.66. The van der Waals surface area contributed by atoms with Crippen molar-refractivity contribution in [2.45, 2.75) is 33.6 Å². The van der Waals surface area contributed by atoms with Crippen molar-refractivity contribution in [3.63, 3.8) is 0 Å². The highest BCUT2D eigenvalue weighted by Crippen LogP contribution is 2.22. The number of carbonyl (C=O) groups excluding carboxylic acids is 1. The predicted molar refractivity (Wildman–Crippen MR) is 78.3 cm³/mol. The van der Waals surface area contributed by atoms with Gasteiger partial charge in [0.05, 0.1) is 5.52 Å². The summed E-state index contributed by atoms with van der Waals surface area (Å²) in [6.45, 7) is 6.53. The molecule has 19 heavy (non-hydrogen) atoms. The average molecular weight is 258 g/mol. The van der Waals surface area contributed by atoms with Gasteiger partial charge in [-0.05, 0) is 24.3 Å². The fourth-order valence-electron chi connectivity index (χ4n) is 2.72. The van der Waals surface area contributed by atoms with Crippen LogP contribution in [0.5, 0.6) is 0 Å². The lowest BCUT2D eigenvalue weighted by atomic mass is 9.93. The van der Waals surface area contributed by atoms with Gasteiger partial charge in [0.15, 0.2) is 5.78 Å². The van der Waals surface area contributed by atoms with E-state index in [2.05, 4.69) is 25.9 Å². The number of Topliss-reactive ketones (excluding diaryl/α,β-unsaturated/α-hetero) is 1. The second-order valence-electron chi connectivity index (χ2n) is 5.85. The molecule has 0 amide bonds. The number of aromatic nitrogens is 2. The number of para-hydroxylation sites is 1. The van der Waals surface area contributed by atoms with E-state index in [1.807, 2.05) is 31.3 Å². The Labute approximate surface area is 114 Å². The van der Waals surface area contributed by atoms with Gasteiger partial charge in [0.2, 0.25) is 0 Å². The molecule has 1 unspecified atom stereocenters. The molecule has 0 aliphatic carbocycles. The number of ketones is 1. The van der Waals surface area contributed by atoms with Crippen LogP contribution in [0.15, 0.2) is 24.3 Å². The van der Waals surface area contributed by atoms with Gasteiger partial charge in [0, 0.05) is 18.9 Å². The summed E-state index contributed by atoms with van der Waals surface area (Å²) in [7, 11) is 1.89. The van der Waals surface area contributed by atoms with Crippen LogP contribution in [0.2, 0.25) is 0 Å². The minimum Gasteiger partial charge on any atom is -0.292 e. The smallest absolute Gasteiger partial charge is 0.183 e. The van der Waals surface area contributed by atoms with Gasteiger partial charge in [0.25, 0.3) is 0 Å². The molecule has 102 valence electrons. The Kier molecular flexibility index (Phi) is 4.03. The molecule has 0 saturated carbocycles. The first kappa shape index (κ1) is 13.8. The molecule has 1 atom stereocenters. The molecule has 0 aliphatic heterocycles. The Morgan fingerprint density at radius 2 is 1.95 bits per heavy atom. The molecule has 2 aromatic rings. The summed E-state index contributed by atoms with van der Waals surface area (Å²) < 4.78 is 1.79. The lowest BCUT2D eigenvalue weighted by molar-refractivity contribution is 0.0956. The standard InChI is InChI=1S/C16H22N2O/c1-11(2)9-12(3)10-15(19)16-13-7-5-6-8-14(13)18(4)17-16/h5-8,11-12H,9-10H2,1-4H3. The van der Waals surface area contributed by atoms with Crippen molar-refractivity contribution in [1.29, 1.82) is 0 Å². The summed E-state index contributed by atoms with van der Waals surface area (Å²) in [4.78, 5) is 12.4. The maximum Gasteiger partial charge on any atom is 0.183 e. The molecule has 0 saturated heterocycles. The van der Waals surface area contributed by atoms with E-state index in [0.717, 1.165) is 17.3 Å². The van der Waals surface area contributed by atoms with E-state index in [1.54, 1.807) is 4.68 Å². The van der Waals surface area contributed by atoms with Crippen molar-refractivity contribution in [2.24, 2.45) is 18.9 Å². The topological polar surface area (TPSA) is 34.9 Å². The van der Waals surface area contributed by atoms with Crippen LogP contribution in [-0.2, 0) is 7.05 Å². The molecular formula is C16H22N2O. The third kappa shape index (κ3) is 3.03. The first-order chi connectivity index (χ1) is 8.99. The Hall–Kier alpha value is -1.64. The minimum atomic E-state index is 0.157. The minimum absolute atomic E-state index is 0.157. The molecule has 0 fully saturated rings. The van der Waals surface area contributed by atoms with Gasteiger partial charge in [-0.1, -0.05) is 39.0 Å². The summed E-state index contributed by atoms with van der Waals surface area (Å²) in [6, 6.07) is 7.90. The first-order valence-corrected chi connectivity index (χ1v) is 6.94. The van der Waals surface area contributed by atoms with Crippen LogP contribution < -0.4 is 0 Å². The van der Waals surface area contributed by atoms with E-state index in [4.69, 9.17) is 0 Å². The highest BCUT2D eigenvalue weighted by molar-refractivity contribution is 6.06. The molecule has 3 heteroatoms. The van der Waals surface area contributed by atoms with Crippen LogP contribution in [-0.4, -0.2) is 15.6 Å². The second kappa shape index (κ2) is 5.55. The number of aryl methyl sites for hydroxylation is 1. The third-order valence-electron chi connectivity index (χ3n) is 3.43. The van der Waals surface area contributed by atoms with E-state index in [9.17, 15) is 4.79 Å². The van der Waals surface area contributed by atoms with Gasteiger partial charge in [0.1, 0.15) is 5.69 Å². The Morgan fingerprint density at radius 3 is 2.63 bits per heavy atom. The van der Waals surface area contributed by atoms with Crippen LogP contribution in [0, 0.1) is 11.8 Å². The lowest BCUT2D eigenvalue weighted by Gasteiger charge is -2.12. The highest BCUT2D eigenvalue weighted by atomic mass is 16.1. The van der Waals surface area contributed by atoms with Gasteiger partial charge >= 0.3 is 0 Å². The van der Waals surface area contributed by atoms with Crippen molar-refractivity contribution < 1.29 is 4.79 Å². The Bertz CT molecular complexity index is 583.